The molecular formula is C5H7O. The monoisotopic (exact) mass is 83.0 g/mol. The minimum atomic E-state index is 0.490. The molecule has 0 bridgehead atoms. The van der Waals surface area contributed by atoms with Crippen LogP contribution in [0, 0.1) is 0 Å². The van der Waals surface area contributed by atoms with Crippen LogP contribution >= 0.6 is 0 Å². The van der Waals surface area contributed by atoms with E-state index in [1.807, 2.05) is 0 Å². The first-order valence-corrected chi connectivity index (χ1v) is 1.87. The molecule has 1 nitrogen and oxygen atoms in total. The van der Waals surface area contributed by atoms with Crippen LogP contribution in [0.1, 0.15) is 12.8 Å². The Labute approximate surface area is 37.7 Å². The van der Waals surface area contributed by atoms with Crippen LogP contribution in [0.25, 0.3) is 0 Å². The third-order valence-corrected chi connectivity index (χ3v) is 0.451. The van der Waals surface area contributed by atoms with Crippen LogP contribution in [0.4, 0.5) is 0 Å². The first kappa shape index (κ1) is 5.41. The maximum Gasteiger partial charge on any atom is 0.198 e. The lowest BCUT2D eigenvalue weighted by Gasteiger charge is -1.71. The van der Waals surface area contributed by atoms with Crippen molar-refractivity contribution in [3.63, 3.8) is 0 Å². The van der Waals surface area contributed by atoms with Crippen LogP contribution < -0.4 is 0 Å². The molecule has 0 spiro atoms. The molecule has 1 heteroatoms. The van der Waals surface area contributed by atoms with Gasteiger partial charge in [-0.2, -0.15) is 0 Å². The normalized spacial score (nSPS) is 7.33. The van der Waals surface area contributed by atoms with Crippen molar-refractivity contribution in [1.29, 1.82) is 0 Å². The third-order valence-electron chi connectivity index (χ3n) is 0.451. The molecule has 1 radical (unpaired) electrons. The molecule has 0 amide bonds. The Morgan fingerprint density at radius 2 is 2.50 bits per heavy atom. The van der Waals surface area contributed by atoms with Gasteiger partial charge in [-0.15, -0.1) is 6.58 Å². The van der Waals surface area contributed by atoms with E-state index in [4.69, 9.17) is 0 Å². The van der Waals surface area contributed by atoms with Crippen molar-refractivity contribution in [2.75, 3.05) is 0 Å². The highest BCUT2D eigenvalue weighted by Crippen LogP contribution is 1.80. The van der Waals surface area contributed by atoms with E-state index < -0.39 is 0 Å². The number of unbranched alkanes of at least 4 members (excludes halogenated alkanes) is 1. The van der Waals surface area contributed by atoms with E-state index in [1.165, 1.54) is 0 Å². The van der Waals surface area contributed by atoms with E-state index in [1.54, 1.807) is 12.4 Å². The highest BCUT2D eigenvalue weighted by molar-refractivity contribution is 5.50. The summed E-state index contributed by atoms with van der Waals surface area (Å²) in [6.45, 7) is 3.42. The van der Waals surface area contributed by atoms with Crippen LogP contribution in [0.5, 0.6) is 0 Å². The van der Waals surface area contributed by atoms with Crippen LogP contribution in [0.2, 0.25) is 0 Å². The quantitative estimate of drug-likeness (QED) is 0.368. The fourth-order valence-corrected chi connectivity index (χ4v) is 0.161. The van der Waals surface area contributed by atoms with Gasteiger partial charge in [-0.3, -0.25) is 4.79 Å². The zero-order chi connectivity index (χ0) is 4.83. The van der Waals surface area contributed by atoms with Crippen molar-refractivity contribution in [1.82, 2.24) is 0 Å². The van der Waals surface area contributed by atoms with Crippen molar-refractivity contribution in [2.24, 2.45) is 0 Å². The molecule has 0 saturated heterocycles. The fourth-order valence-electron chi connectivity index (χ4n) is 0.161. The van der Waals surface area contributed by atoms with Gasteiger partial charge >= 0.3 is 0 Å². The Morgan fingerprint density at radius 3 is 2.67 bits per heavy atom. The maximum absolute atomic E-state index is 9.39. The highest BCUT2D eigenvalue weighted by Gasteiger charge is 1.72. The lowest BCUT2D eigenvalue weighted by atomic mass is 10.3. The SMILES string of the molecule is C=CCC[C]=O. The molecule has 0 rings (SSSR count). The first-order chi connectivity index (χ1) is 2.91. The van der Waals surface area contributed by atoms with Crippen LogP contribution in [0.15, 0.2) is 12.7 Å². The minimum Gasteiger partial charge on any atom is -0.291 e. The molecule has 0 aliphatic heterocycles. The summed E-state index contributed by atoms with van der Waals surface area (Å²) >= 11 is 0. The highest BCUT2D eigenvalue weighted by atomic mass is 16.1. The minimum absolute atomic E-state index is 0.490. The zero-order valence-corrected chi connectivity index (χ0v) is 3.61. The molecule has 0 aromatic heterocycles. The van der Waals surface area contributed by atoms with Gasteiger partial charge in [0.15, 0.2) is 6.29 Å². The van der Waals surface area contributed by atoms with Crippen LogP contribution in [-0.4, -0.2) is 6.29 Å². The molecule has 0 N–H and O–H groups in total. The average Bonchev–Trinajstić information content (AvgIpc) is 1.61. The molecule has 0 fully saturated rings. The van der Waals surface area contributed by atoms with Gasteiger partial charge in [-0.1, -0.05) is 6.08 Å². The van der Waals surface area contributed by atoms with Gasteiger partial charge < -0.3 is 0 Å². The summed E-state index contributed by atoms with van der Waals surface area (Å²) in [6.07, 6.45) is 4.69. The Bertz CT molecular complexity index is 39.9. The van der Waals surface area contributed by atoms with Crippen LogP contribution in [-0.2, 0) is 4.79 Å². The predicted octanol–water partition coefficient (Wildman–Crippen LogP) is 1.06. The number of allylic oxidation sites excluding steroid dienone is 1. The molecule has 0 saturated carbocycles. The second-order valence-corrected chi connectivity index (χ2v) is 0.972. The maximum atomic E-state index is 9.39. The van der Waals surface area contributed by atoms with Crippen molar-refractivity contribution < 1.29 is 4.79 Å². The smallest absolute Gasteiger partial charge is 0.198 e. The van der Waals surface area contributed by atoms with Gasteiger partial charge in [0, 0.05) is 6.42 Å². The summed E-state index contributed by atoms with van der Waals surface area (Å²) < 4.78 is 0. The van der Waals surface area contributed by atoms with Crippen LogP contribution in [0.3, 0.4) is 0 Å². The number of hydrogen-bond acceptors (Lipinski definition) is 1. The summed E-state index contributed by atoms with van der Waals surface area (Å²) in [7, 11) is 0. The standard InChI is InChI=1S/C5H7O/c1-2-3-4-5-6/h2H,1,3-4H2. The van der Waals surface area contributed by atoms with Crippen molar-refractivity contribution in [3.8, 4) is 0 Å². The Kier molecular flexibility index (Phi) is 3.98. The van der Waals surface area contributed by atoms with Crippen molar-refractivity contribution in [3.05, 3.63) is 12.7 Å². The molecule has 0 aliphatic carbocycles. The van der Waals surface area contributed by atoms with Gasteiger partial charge in [-0.05, 0) is 6.42 Å². The van der Waals surface area contributed by atoms with Gasteiger partial charge in [0.05, 0.1) is 0 Å². The summed E-state index contributed by atoms with van der Waals surface area (Å²) in [5, 5.41) is 0. The first-order valence-electron chi connectivity index (χ1n) is 1.87. The molecule has 0 heterocycles. The van der Waals surface area contributed by atoms with Gasteiger partial charge in [-0.25, -0.2) is 0 Å². The summed E-state index contributed by atoms with van der Waals surface area (Å²) in [5.74, 6) is 0. The average molecular weight is 83.1 g/mol. The van der Waals surface area contributed by atoms with E-state index in [0.717, 1.165) is 6.42 Å². The molecule has 33 valence electrons. The van der Waals surface area contributed by atoms with Crippen molar-refractivity contribution in [2.45, 2.75) is 12.8 Å². The number of carbonyl (C=O) groups excluding carboxylic acids is 1. The van der Waals surface area contributed by atoms with E-state index in [9.17, 15) is 4.79 Å². The van der Waals surface area contributed by atoms with E-state index >= 15 is 0 Å². The lowest BCUT2D eigenvalue weighted by molar-refractivity contribution is 0.552. The van der Waals surface area contributed by atoms with Gasteiger partial charge in [0.1, 0.15) is 0 Å². The molecule has 0 aromatic carbocycles. The van der Waals surface area contributed by atoms with E-state index in [2.05, 4.69) is 6.58 Å². The molecule has 0 aromatic rings. The van der Waals surface area contributed by atoms with Gasteiger partial charge in [0.25, 0.3) is 0 Å². The second-order valence-electron chi connectivity index (χ2n) is 0.972. The van der Waals surface area contributed by atoms with Crippen molar-refractivity contribution >= 4 is 6.29 Å². The van der Waals surface area contributed by atoms with E-state index in [-0.39, 0.29) is 0 Å². The molecule has 0 atom stereocenters. The summed E-state index contributed by atoms with van der Waals surface area (Å²) in [5.41, 5.74) is 0. The molecule has 0 unspecified atom stereocenters. The number of rotatable bonds is 3. The zero-order valence-electron chi connectivity index (χ0n) is 3.61. The Hall–Kier alpha value is -0.590. The van der Waals surface area contributed by atoms with E-state index in [0.29, 0.717) is 6.42 Å². The largest absolute Gasteiger partial charge is 0.291 e. The van der Waals surface area contributed by atoms with Gasteiger partial charge in [0.2, 0.25) is 0 Å². The second kappa shape index (κ2) is 4.41. The summed E-state index contributed by atoms with van der Waals surface area (Å²) in [6, 6.07) is 0. The lowest BCUT2D eigenvalue weighted by Crippen LogP contribution is -1.66. The third kappa shape index (κ3) is 3.41. The topological polar surface area (TPSA) is 17.1 Å². The Morgan fingerprint density at radius 1 is 1.83 bits per heavy atom. The molecule has 0 aliphatic rings. The number of hydrogen-bond donors (Lipinski definition) is 0. The Balaban J connectivity index is 2.66. The fraction of sp³-hybridized carbons (Fsp3) is 0.400. The molecule has 6 heavy (non-hydrogen) atoms. The molecular weight excluding hydrogens is 76.1 g/mol. The summed E-state index contributed by atoms with van der Waals surface area (Å²) in [4.78, 5) is 9.39. The predicted molar refractivity (Wildman–Crippen MR) is 25.1 cm³/mol.